The Kier molecular flexibility index (Phi) is 25.9. The van der Waals surface area contributed by atoms with Crippen LogP contribution in [0.25, 0.3) is 0 Å². The SMILES string of the molecule is CC[CH-]OCCCCCCCCCCCC.O=C(O)CC(C(=O)O)S(=O)(=O)O.[Na+]. The summed E-state index contributed by atoms with van der Waals surface area (Å²) in [7, 11) is -4.84. The predicted molar refractivity (Wildman–Crippen MR) is 108 cm³/mol. The molecule has 168 valence electrons. The Labute approximate surface area is 197 Å². The molecule has 0 amide bonds. The molecule has 0 spiro atoms. The maximum Gasteiger partial charge on any atom is 1.00 e. The molecular weight excluding hydrogens is 411 g/mol. The first-order valence-corrected chi connectivity index (χ1v) is 11.5. The van der Waals surface area contributed by atoms with Crippen LogP contribution in [-0.4, -0.2) is 47.0 Å². The van der Waals surface area contributed by atoms with E-state index in [-0.39, 0.29) is 29.6 Å². The summed E-state index contributed by atoms with van der Waals surface area (Å²) >= 11 is 0. The smallest absolute Gasteiger partial charge is 0.552 e. The summed E-state index contributed by atoms with van der Waals surface area (Å²) in [6, 6.07) is 0. The second kappa shape index (κ2) is 22.5. The molecule has 0 heterocycles. The standard InChI is InChI=1S/C15H31O.C4H6O7S.Na/c1-3-5-6-7-8-9-10-11-12-13-15-16-14-4-2;5-3(6)1-2(4(7)8)12(9,10)11;/h14H,3-13,15H2,1-2H3;2H,1H2,(H,5,6)(H,7,8)(H,9,10,11);/q-1;;+1. The number of unbranched alkanes of at least 4 members (excludes halogenated alkanes) is 9. The van der Waals surface area contributed by atoms with Crippen molar-refractivity contribution in [3.8, 4) is 0 Å². The molecule has 0 fully saturated rings. The van der Waals surface area contributed by atoms with Crippen molar-refractivity contribution in [2.24, 2.45) is 0 Å². The first-order chi connectivity index (χ1) is 13.2. The summed E-state index contributed by atoms with van der Waals surface area (Å²) in [6.07, 6.45) is 13.8. The zero-order valence-electron chi connectivity index (χ0n) is 18.1. The minimum atomic E-state index is -4.84. The van der Waals surface area contributed by atoms with E-state index in [9.17, 15) is 18.0 Å². The minimum absolute atomic E-state index is 0. The molecule has 0 aliphatic heterocycles. The van der Waals surface area contributed by atoms with Crippen LogP contribution < -0.4 is 29.6 Å². The quantitative estimate of drug-likeness (QED) is 0.131. The van der Waals surface area contributed by atoms with Crippen LogP contribution in [0.15, 0.2) is 0 Å². The number of hydrogen-bond acceptors (Lipinski definition) is 5. The van der Waals surface area contributed by atoms with Crippen molar-refractivity contribution in [1.82, 2.24) is 0 Å². The van der Waals surface area contributed by atoms with Gasteiger partial charge in [-0.2, -0.15) is 14.8 Å². The van der Waals surface area contributed by atoms with Crippen molar-refractivity contribution in [2.75, 3.05) is 6.61 Å². The molecule has 10 heteroatoms. The van der Waals surface area contributed by atoms with Crippen molar-refractivity contribution < 1.29 is 67.1 Å². The summed E-state index contributed by atoms with van der Waals surface area (Å²) in [5, 5.41) is 13.9. The molecule has 1 unspecified atom stereocenters. The van der Waals surface area contributed by atoms with Gasteiger partial charge in [0.25, 0.3) is 10.1 Å². The summed E-state index contributed by atoms with van der Waals surface area (Å²) in [6.45, 7) is 7.22. The van der Waals surface area contributed by atoms with Crippen molar-refractivity contribution in [3.05, 3.63) is 6.61 Å². The molecule has 0 aromatic heterocycles. The third-order valence-electron chi connectivity index (χ3n) is 3.90. The molecule has 0 aliphatic carbocycles. The van der Waals surface area contributed by atoms with Crippen LogP contribution in [-0.2, 0) is 24.4 Å². The van der Waals surface area contributed by atoms with Gasteiger partial charge in [0.2, 0.25) is 0 Å². The second-order valence-corrected chi connectivity index (χ2v) is 8.17. The van der Waals surface area contributed by atoms with Gasteiger partial charge >= 0.3 is 41.5 Å². The van der Waals surface area contributed by atoms with Crippen LogP contribution in [0, 0.1) is 6.61 Å². The molecule has 1 atom stereocenters. The first-order valence-electron chi connectivity index (χ1n) is 10.0. The number of carboxylic acid groups (broad SMARTS) is 2. The maximum atomic E-state index is 10.2. The average molecular weight is 449 g/mol. The summed E-state index contributed by atoms with van der Waals surface area (Å²) in [5.74, 6) is -3.50. The van der Waals surface area contributed by atoms with Crippen LogP contribution in [0.1, 0.15) is 90.9 Å². The molecule has 0 aromatic carbocycles. The van der Waals surface area contributed by atoms with Gasteiger partial charge in [0.15, 0.2) is 5.25 Å². The largest absolute Gasteiger partial charge is 1.00 e. The Bertz CT molecular complexity index is 482. The fourth-order valence-electron chi connectivity index (χ4n) is 2.35. The van der Waals surface area contributed by atoms with E-state index < -0.39 is 33.7 Å². The molecule has 0 saturated heterocycles. The predicted octanol–water partition coefficient (Wildman–Crippen LogP) is 1.30. The number of ether oxygens (including phenoxy) is 1. The molecule has 3 N–H and O–H groups in total. The first kappa shape index (κ1) is 33.4. The Morgan fingerprint density at radius 2 is 1.34 bits per heavy atom. The van der Waals surface area contributed by atoms with E-state index in [1.54, 1.807) is 0 Å². The second-order valence-electron chi connectivity index (χ2n) is 6.57. The third-order valence-corrected chi connectivity index (χ3v) is 4.98. The summed E-state index contributed by atoms with van der Waals surface area (Å²) in [4.78, 5) is 20.0. The van der Waals surface area contributed by atoms with E-state index in [2.05, 4.69) is 13.8 Å². The Morgan fingerprint density at radius 3 is 1.66 bits per heavy atom. The number of carboxylic acids is 2. The van der Waals surface area contributed by atoms with Gasteiger partial charge in [0.1, 0.15) is 0 Å². The number of rotatable bonds is 17. The molecule has 8 nitrogen and oxygen atoms in total. The monoisotopic (exact) mass is 448 g/mol. The van der Waals surface area contributed by atoms with Gasteiger partial charge in [-0.3, -0.25) is 14.1 Å². The Morgan fingerprint density at radius 1 is 0.897 bits per heavy atom. The van der Waals surface area contributed by atoms with Crippen molar-refractivity contribution >= 4 is 22.1 Å². The molecular formula is C19H37NaO8S. The van der Waals surface area contributed by atoms with Crippen LogP contribution in [0.5, 0.6) is 0 Å². The molecule has 0 radical (unpaired) electrons. The fraction of sp³-hybridized carbons (Fsp3) is 0.842. The van der Waals surface area contributed by atoms with Crippen LogP contribution in [0.3, 0.4) is 0 Å². The molecule has 0 aromatic rings. The van der Waals surface area contributed by atoms with Gasteiger partial charge in [0, 0.05) is 6.61 Å². The summed E-state index contributed by atoms with van der Waals surface area (Å²) in [5.41, 5.74) is 0. The van der Waals surface area contributed by atoms with Crippen LogP contribution in [0.2, 0.25) is 0 Å². The minimum Gasteiger partial charge on any atom is -0.552 e. The van der Waals surface area contributed by atoms with E-state index in [1.807, 2.05) is 6.61 Å². The average Bonchev–Trinajstić information content (AvgIpc) is 2.60. The zero-order chi connectivity index (χ0) is 21.8. The molecule has 29 heavy (non-hydrogen) atoms. The zero-order valence-corrected chi connectivity index (χ0v) is 21.0. The van der Waals surface area contributed by atoms with Gasteiger partial charge in [0.05, 0.1) is 6.42 Å². The van der Waals surface area contributed by atoms with Gasteiger partial charge in [-0.05, 0) is 6.42 Å². The van der Waals surface area contributed by atoms with Crippen LogP contribution in [0.4, 0.5) is 0 Å². The van der Waals surface area contributed by atoms with Crippen molar-refractivity contribution in [3.63, 3.8) is 0 Å². The van der Waals surface area contributed by atoms with E-state index in [0.29, 0.717) is 0 Å². The van der Waals surface area contributed by atoms with E-state index in [1.165, 1.54) is 64.2 Å². The number of hydrogen-bond donors (Lipinski definition) is 3. The van der Waals surface area contributed by atoms with E-state index in [0.717, 1.165) is 13.0 Å². The van der Waals surface area contributed by atoms with Gasteiger partial charge in [-0.25, -0.2) is 6.61 Å². The van der Waals surface area contributed by atoms with Crippen molar-refractivity contribution in [1.29, 1.82) is 0 Å². The topological polar surface area (TPSA) is 138 Å². The van der Waals surface area contributed by atoms with Gasteiger partial charge < -0.3 is 14.9 Å². The molecule has 0 bridgehead atoms. The normalized spacial score (nSPS) is 11.7. The number of aliphatic carboxylic acids is 2. The maximum absolute atomic E-state index is 10.2. The molecule has 0 rings (SSSR count). The number of carbonyl (C=O) groups is 2. The fourth-order valence-corrected chi connectivity index (χ4v) is 2.96. The van der Waals surface area contributed by atoms with Gasteiger partial charge in [-0.1, -0.05) is 71.6 Å². The van der Waals surface area contributed by atoms with Crippen LogP contribution >= 0.6 is 0 Å². The van der Waals surface area contributed by atoms with E-state index >= 15 is 0 Å². The van der Waals surface area contributed by atoms with Gasteiger partial charge in [-0.15, -0.1) is 0 Å². The Hall–Kier alpha value is -0.190. The molecule has 0 aliphatic rings. The third kappa shape index (κ3) is 25.8. The van der Waals surface area contributed by atoms with E-state index in [4.69, 9.17) is 19.5 Å². The van der Waals surface area contributed by atoms with Crippen molar-refractivity contribution in [2.45, 2.75) is 96.1 Å². The Balaban J connectivity index is -0.000000468. The molecule has 0 saturated carbocycles. The summed E-state index contributed by atoms with van der Waals surface area (Å²) < 4.78 is 34.0.